The van der Waals surface area contributed by atoms with Gasteiger partial charge in [-0.25, -0.2) is 4.68 Å². The molecule has 0 saturated carbocycles. The Morgan fingerprint density at radius 3 is 2.80 bits per heavy atom. The van der Waals surface area contributed by atoms with Crippen LogP contribution in [-0.2, 0) is 0 Å². The number of carbonyl (C=O) groups is 1. The summed E-state index contributed by atoms with van der Waals surface area (Å²) in [6, 6.07) is 8.63. The minimum atomic E-state index is -0.431. The van der Waals surface area contributed by atoms with Crippen LogP contribution in [0.1, 0.15) is 47.2 Å². The maximum Gasteiger partial charge on any atom is 0.270 e. The molecule has 0 spiro atoms. The molecule has 0 fully saturated rings. The summed E-state index contributed by atoms with van der Waals surface area (Å²) < 4.78 is 7.01. The minimum Gasteiger partial charge on any atom is -0.339 e. The zero-order chi connectivity index (χ0) is 21.1. The predicted molar refractivity (Wildman–Crippen MR) is 109 cm³/mol. The summed E-state index contributed by atoms with van der Waals surface area (Å²) in [7, 11) is 0. The monoisotopic (exact) mass is 403 g/mol. The number of nitrogens with zero attached hydrogens (tertiary/aromatic N) is 6. The summed E-state index contributed by atoms with van der Waals surface area (Å²) in [6.45, 7) is 5.67. The van der Waals surface area contributed by atoms with Crippen LogP contribution >= 0.6 is 0 Å². The van der Waals surface area contributed by atoms with Crippen LogP contribution in [0.15, 0.2) is 53.4 Å². The first kappa shape index (κ1) is 19.4. The molecule has 0 radical (unpaired) electrons. The van der Waals surface area contributed by atoms with E-state index in [1.807, 2.05) is 39.0 Å². The van der Waals surface area contributed by atoms with Gasteiger partial charge in [-0.2, -0.15) is 10.1 Å². The Kier molecular flexibility index (Phi) is 5.34. The van der Waals surface area contributed by atoms with E-state index in [2.05, 4.69) is 30.5 Å². The van der Waals surface area contributed by atoms with Crippen molar-refractivity contribution in [1.29, 1.82) is 0 Å². The Hall–Kier alpha value is -3.88. The summed E-state index contributed by atoms with van der Waals surface area (Å²) in [5, 5.41) is 11.4. The van der Waals surface area contributed by atoms with Crippen molar-refractivity contribution in [2.45, 2.75) is 33.2 Å². The van der Waals surface area contributed by atoms with E-state index in [0.717, 1.165) is 17.0 Å². The number of nitrogens with one attached hydrogen (secondary N) is 1. The van der Waals surface area contributed by atoms with Crippen molar-refractivity contribution < 1.29 is 9.32 Å². The molecule has 4 heterocycles. The number of rotatable bonds is 6. The summed E-state index contributed by atoms with van der Waals surface area (Å²) in [5.74, 6) is 0.518. The molecule has 0 aliphatic heterocycles. The van der Waals surface area contributed by atoms with Crippen LogP contribution in [0.3, 0.4) is 0 Å². The van der Waals surface area contributed by atoms with Crippen LogP contribution in [0.4, 0.5) is 0 Å². The second kappa shape index (κ2) is 8.24. The number of hydrogen-bond acceptors (Lipinski definition) is 7. The lowest BCUT2D eigenvalue weighted by molar-refractivity contribution is 0.0919. The van der Waals surface area contributed by atoms with Crippen LogP contribution in [0, 0.1) is 13.8 Å². The number of pyridine rings is 2. The standard InChI is InChI=1S/C21H21N7O2/c1-4-17(21-25-19(27-30-21)15-7-9-23-13(2)10-15)24-20(29)18-11-14(3)26-28(18)16-6-5-8-22-12-16/h5-12,17H,4H2,1-3H3,(H,24,29). The first-order chi connectivity index (χ1) is 14.5. The Labute approximate surface area is 173 Å². The SMILES string of the molecule is CCC(NC(=O)c1cc(C)nn1-c1cccnc1)c1nc(-c2ccnc(C)c2)no1. The van der Waals surface area contributed by atoms with E-state index in [1.54, 1.807) is 35.4 Å². The lowest BCUT2D eigenvalue weighted by Crippen LogP contribution is -2.30. The third kappa shape index (κ3) is 3.95. The first-order valence-electron chi connectivity index (χ1n) is 9.59. The van der Waals surface area contributed by atoms with Crippen molar-refractivity contribution in [3.63, 3.8) is 0 Å². The molecule has 0 saturated heterocycles. The Balaban J connectivity index is 1.57. The molecular weight excluding hydrogens is 382 g/mol. The molecule has 1 atom stereocenters. The smallest absolute Gasteiger partial charge is 0.270 e. The van der Waals surface area contributed by atoms with Gasteiger partial charge in [0.2, 0.25) is 11.7 Å². The van der Waals surface area contributed by atoms with Crippen LogP contribution in [0.25, 0.3) is 17.1 Å². The van der Waals surface area contributed by atoms with Gasteiger partial charge in [-0.05, 0) is 50.6 Å². The van der Waals surface area contributed by atoms with Gasteiger partial charge in [-0.15, -0.1) is 0 Å². The second-order valence-corrected chi connectivity index (χ2v) is 6.87. The predicted octanol–water partition coefficient (Wildman–Crippen LogP) is 3.21. The maximum atomic E-state index is 13.0. The van der Waals surface area contributed by atoms with Crippen molar-refractivity contribution in [3.8, 4) is 17.1 Å². The largest absolute Gasteiger partial charge is 0.339 e. The molecule has 4 rings (SSSR count). The molecule has 4 aromatic heterocycles. The average Bonchev–Trinajstić information content (AvgIpc) is 3.40. The van der Waals surface area contributed by atoms with E-state index < -0.39 is 6.04 Å². The van der Waals surface area contributed by atoms with E-state index in [9.17, 15) is 4.79 Å². The highest BCUT2D eigenvalue weighted by Crippen LogP contribution is 2.21. The number of amides is 1. The molecule has 0 bridgehead atoms. The molecule has 1 unspecified atom stereocenters. The number of aromatic nitrogens is 6. The summed E-state index contributed by atoms with van der Waals surface area (Å²) in [5.41, 5.74) is 3.51. The molecule has 9 nitrogen and oxygen atoms in total. The Bertz CT molecular complexity index is 1170. The van der Waals surface area contributed by atoms with E-state index in [4.69, 9.17) is 4.52 Å². The first-order valence-corrected chi connectivity index (χ1v) is 9.59. The third-order valence-corrected chi connectivity index (χ3v) is 4.56. The highest BCUT2D eigenvalue weighted by atomic mass is 16.5. The minimum absolute atomic E-state index is 0.286. The molecule has 152 valence electrons. The molecular formula is C21H21N7O2. The van der Waals surface area contributed by atoms with Gasteiger partial charge in [-0.3, -0.25) is 14.8 Å². The van der Waals surface area contributed by atoms with Crippen LogP contribution in [0.5, 0.6) is 0 Å². The maximum absolute atomic E-state index is 13.0. The Morgan fingerprint density at radius 1 is 1.20 bits per heavy atom. The summed E-state index contributed by atoms with van der Waals surface area (Å²) >= 11 is 0. The molecule has 9 heteroatoms. The van der Waals surface area contributed by atoms with Gasteiger partial charge < -0.3 is 9.84 Å². The van der Waals surface area contributed by atoms with E-state index in [-0.39, 0.29) is 5.91 Å². The molecule has 0 aliphatic rings. The number of hydrogen-bond donors (Lipinski definition) is 1. The van der Waals surface area contributed by atoms with E-state index in [0.29, 0.717) is 29.5 Å². The van der Waals surface area contributed by atoms with Gasteiger partial charge in [0.25, 0.3) is 5.91 Å². The average molecular weight is 403 g/mol. The molecule has 0 aliphatic carbocycles. The molecule has 4 aromatic rings. The van der Waals surface area contributed by atoms with Gasteiger partial charge in [0.1, 0.15) is 11.7 Å². The molecule has 30 heavy (non-hydrogen) atoms. The van der Waals surface area contributed by atoms with Gasteiger partial charge in [0.05, 0.1) is 17.6 Å². The molecule has 1 amide bonds. The highest BCUT2D eigenvalue weighted by molar-refractivity contribution is 5.93. The van der Waals surface area contributed by atoms with Crippen molar-refractivity contribution in [3.05, 3.63) is 71.9 Å². The fraction of sp³-hybridized carbons (Fsp3) is 0.238. The number of aryl methyl sites for hydroxylation is 2. The quantitative estimate of drug-likeness (QED) is 0.526. The molecule has 1 N–H and O–H groups in total. The fourth-order valence-corrected chi connectivity index (χ4v) is 3.09. The van der Waals surface area contributed by atoms with Gasteiger partial charge in [-0.1, -0.05) is 12.1 Å². The van der Waals surface area contributed by atoms with Crippen molar-refractivity contribution in [2.75, 3.05) is 0 Å². The van der Waals surface area contributed by atoms with Gasteiger partial charge in [0, 0.05) is 23.7 Å². The topological polar surface area (TPSA) is 112 Å². The van der Waals surface area contributed by atoms with Crippen molar-refractivity contribution in [1.82, 2.24) is 35.2 Å². The normalized spacial score (nSPS) is 12.0. The summed E-state index contributed by atoms with van der Waals surface area (Å²) in [4.78, 5) is 25.8. The molecule has 0 aromatic carbocycles. The fourth-order valence-electron chi connectivity index (χ4n) is 3.09. The Morgan fingerprint density at radius 2 is 2.07 bits per heavy atom. The zero-order valence-corrected chi connectivity index (χ0v) is 16.9. The van der Waals surface area contributed by atoms with Gasteiger partial charge >= 0.3 is 0 Å². The highest BCUT2D eigenvalue weighted by Gasteiger charge is 2.23. The van der Waals surface area contributed by atoms with Crippen LogP contribution in [-0.4, -0.2) is 35.8 Å². The number of carbonyl (C=O) groups excluding carboxylic acids is 1. The van der Waals surface area contributed by atoms with Crippen LogP contribution in [0.2, 0.25) is 0 Å². The van der Waals surface area contributed by atoms with E-state index in [1.165, 1.54) is 0 Å². The van der Waals surface area contributed by atoms with Gasteiger partial charge in [0.15, 0.2) is 0 Å². The van der Waals surface area contributed by atoms with Crippen molar-refractivity contribution >= 4 is 5.91 Å². The zero-order valence-electron chi connectivity index (χ0n) is 16.9. The third-order valence-electron chi connectivity index (χ3n) is 4.56. The lowest BCUT2D eigenvalue weighted by atomic mass is 10.2. The van der Waals surface area contributed by atoms with Crippen molar-refractivity contribution in [2.24, 2.45) is 0 Å². The lowest BCUT2D eigenvalue weighted by Gasteiger charge is -2.13. The van der Waals surface area contributed by atoms with Crippen LogP contribution < -0.4 is 5.32 Å². The second-order valence-electron chi connectivity index (χ2n) is 6.87. The summed E-state index contributed by atoms with van der Waals surface area (Å²) in [6.07, 6.45) is 5.61. The van der Waals surface area contributed by atoms with E-state index >= 15 is 0 Å².